The number of β-amino-alcohol motifs (C(OH)–C–C–N with tert-alkyl or cyclic N) is 1. The zero-order valence-electron chi connectivity index (χ0n) is 59.6. The standard InChI is InChI=1S/C77H94ClN11O10S3/c1-51(53-20-22-55(23-21-53)70-52(2)79-50-101-70)80-73(94)66-44-61(90)48-88(66)74(95)71(75(3,4)5)81-67(91)18-13-19-68(92)87-41-35-84(36-42-87)34-14-15-57-43-63(45-65(89(96)97)69(57)82-77(8,9)49-100-62-16-11-10-12-17-62)102(98,99)83-72(93)56-26-30-60(31-27-56)86-39-37-85(38-40-86)47-58-46-76(6,7)33-32-64(58)54-24-28-59(78)29-25-54/h10-12,16-17,20-31,43,45,50-51,61,66,71,82,90H,13,18-19,32-42,44,46-49H2,1-9H3,(H,80,94)(H,81,91)(H,83,93)/t51-,61+,66-,71+/m0/s1. The molecule has 4 heterocycles. The lowest BCUT2D eigenvalue weighted by Crippen LogP contribution is -2.57. The zero-order valence-corrected chi connectivity index (χ0v) is 62.9. The van der Waals surface area contributed by atoms with Crippen LogP contribution in [0, 0.1) is 39.7 Å². The Labute approximate surface area is 612 Å². The molecule has 542 valence electrons. The number of anilines is 2. The second-order valence-corrected chi connectivity index (χ2v) is 33.6. The number of rotatable bonds is 24. The number of aliphatic hydroxyl groups is 1. The number of hydrogen-bond donors (Lipinski definition) is 5. The Morgan fingerprint density at radius 1 is 0.853 bits per heavy atom. The molecule has 25 heteroatoms. The van der Waals surface area contributed by atoms with E-state index in [9.17, 15) is 47.6 Å². The number of nitrogens with one attached hydrogen (secondary N) is 4. The van der Waals surface area contributed by atoms with Crippen molar-refractivity contribution in [3.63, 3.8) is 0 Å². The molecule has 3 fully saturated rings. The summed E-state index contributed by atoms with van der Waals surface area (Å²) in [6, 6.07) is 32.2. The summed E-state index contributed by atoms with van der Waals surface area (Å²) >= 11 is 9.35. The minimum absolute atomic E-state index is 0.0156. The molecule has 5 aromatic carbocycles. The van der Waals surface area contributed by atoms with Crippen molar-refractivity contribution in [3.8, 4) is 22.3 Å². The first-order valence-corrected chi connectivity index (χ1v) is 38.6. The maximum atomic E-state index is 14.4. The molecule has 10 rings (SSSR count). The minimum atomic E-state index is -4.72. The van der Waals surface area contributed by atoms with Gasteiger partial charge < -0.3 is 35.8 Å². The van der Waals surface area contributed by atoms with Crippen molar-refractivity contribution in [2.75, 3.05) is 88.0 Å². The van der Waals surface area contributed by atoms with Gasteiger partial charge in [0.25, 0.3) is 21.6 Å². The molecule has 0 unspecified atom stereocenters. The molecule has 0 bridgehead atoms. The SMILES string of the molecule is Cc1ncsc1-c1ccc([C@H](C)NC(=O)[C@@H]2C[C@@H](O)CN2C(=O)[C@@H](NC(=O)CCCC(=O)N2CCN(CC#Cc3cc(S(=O)(=O)NC(=O)c4ccc(N5CCN(CC6=C(c7ccc(Cl)cc7)CCC(C)(C)C6)CC5)cc4)cc([N+](=O)[O-])c3NC(C)(C)CSc3ccccc3)CC2)C(C)(C)C)cc1. The van der Waals surface area contributed by atoms with Gasteiger partial charge in [0.05, 0.1) is 50.2 Å². The van der Waals surface area contributed by atoms with Crippen molar-refractivity contribution in [3.05, 3.63) is 169 Å². The van der Waals surface area contributed by atoms with Gasteiger partial charge in [-0.2, -0.15) is 0 Å². The third-order valence-corrected chi connectivity index (χ3v) is 23.4. The quantitative estimate of drug-likeness (QED) is 0.0163. The average Bonchev–Trinajstić information content (AvgIpc) is 0.958. The fourth-order valence-electron chi connectivity index (χ4n) is 13.6. The van der Waals surface area contributed by atoms with E-state index in [0.717, 1.165) is 95.4 Å². The zero-order chi connectivity index (χ0) is 73.3. The summed E-state index contributed by atoms with van der Waals surface area (Å²) in [5.74, 6) is 4.22. The Morgan fingerprint density at radius 3 is 2.17 bits per heavy atom. The van der Waals surface area contributed by atoms with E-state index in [-0.39, 0.29) is 66.9 Å². The first-order chi connectivity index (χ1) is 48.4. The normalized spacial score (nSPS) is 18.2. The van der Waals surface area contributed by atoms with E-state index in [2.05, 4.69) is 73.3 Å². The Bertz CT molecular complexity index is 4230. The number of piperazine rings is 2. The molecule has 5 N–H and O–H groups in total. The molecular formula is C77H94ClN11O10S3. The molecule has 1 aromatic heterocycles. The van der Waals surface area contributed by atoms with Crippen LogP contribution in [0.25, 0.3) is 16.0 Å². The lowest BCUT2D eigenvalue weighted by atomic mass is 9.73. The number of hydrogen-bond acceptors (Lipinski definition) is 17. The summed E-state index contributed by atoms with van der Waals surface area (Å²) in [6.07, 6.45) is 2.50. The summed E-state index contributed by atoms with van der Waals surface area (Å²) in [4.78, 5) is 97.3. The summed E-state index contributed by atoms with van der Waals surface area (Å²) in [7, 11) is -4.72. The number of nitro benzene ring substituents is 1. The Balaban J connectivity index is 0.736. The predicted octanol–water partition coefficient (Wildman–Crippen LogP) is 11.6. The third-order valence-electron chi connectivity index (χ3n) is 19.4. The van der Waals surface area contributed by atoms with E-state index in [1.54, 1.807) is 57.8 Å². The first kappa shape index (κ1) is 76.5. The highest BCUT2D eigenvalue weighted by Crippen LogP contribution is 2.43. The number of aliphatic hydroxyl groups excluding tert-OH is 1. The van der Waals surface area contributed by atoms with E-state index < -0.39 is 84.3 Å². The van der Waals surface area contributed by atoms with Crippen LogP contribution in [0.2, 0.25) is 5.02 Å². The highest BCUT2D eigenvalue weighted by molar-refractivity contribution is 7.99. The number of benzene rings is 5. The fraction of sp³-hybridized carbons (Fsp3) is 0.455. The van der Waals surface area contributed by atoms with Gasteiger partial charge in [-0.3, -0.25) is 43.9 Å². The number of nitro groups is 1. The second-order valence-electron chi connectivity index (χ2n) is 29.6. The van der Waals surface area contributed by atoms with Crippen LogP contribution in [0.5, 0.6) is 0 Å². The highest BCUT2D eigenvalue weighted by atomic mass is 35.5. The molecule has 5 amide bonds. The number of amides is 5. The minimum Gasteiger partial charge on any atom is -0.391 e. The maximum Gasteiger partial charge on any atom is 0.295 e. The number of likely N-dealkylation sites (tertiary alicyclic amines) is 1. The van der Waals surface area contributed by atoms with Crippen LogP contribution in [0.1, 0.15) is 139 Å². The molecule has 1 aliphatic carbocycles. The Hall–Kier alpha value is -8.15. The van der Waals surface area contributed by atoms with E-state index in [4.69, 9.17) is 11.6 Å². The summed E-state index contributed by atoms with van der Waals surface area (Å²) in [5.41, 5.74) is 7.84. The maximum absolute atomic E-state index is 14.4. The molecule has 6 aromatic rings. The lowest BCUT2D eigenvalue weighted by molar-refractivity contribution is -0.384. The van der Waals surface area contributed by atoms with Gasteiger partial charge in [-0.1, -0.05) is 118 Å². The van der Waals surface area contributed by atoms with E-state index >= 15 is 0 Å². The molecule has 4 aliphatic rings. The molecular weight excluding hydrogens is 1370 g/mol. The second kappa shape index (κ2) is 33.1. The topological polar surface area (TPSA) is 260 Å². The number of allylic oxidation sites excluding steroid dienone is 1. The highest BCUT2D eigenvalue weighted by Gasteiger charge is 2.45. The van der Waals surface area contributed by atoms with Gasteiger partial charge in [-0.05, 0) is 141 Å². The average molecular weight is 1470 g/mol. The number of nitrogens with zero attached hydrogens (tertiary/aromatic N) is 7. The van der Waals surface area contributed by atoms with Crippen LogP contribution in [0.15, 0.2) is 136 Å². The van der Waals surface area contributed by atoms with Crippen LogP contribution in [-0.4, -0.2) is 174 Å². The predicted molar refractivity (Wildman–Crippen MR) is 404 cm³/mol. The van der Waals surface area contributed by atoms with E-state index in [1.807, 2.05) is 120 Å². The molecule has 0 spiro atoms. The number of aryl methyl sites for hydroxylation is 1. The number of carbonyl (C=O) groups is 5. The Morgan fingerprint density at radius 2 is 1.52 bits per heavy atom. The van der Waals surface area contributed by atoms with Crippen LogP contribution >= 0.6 is 34.7 Å². The van der Waals surface area contributed by atoms with Crippen molar-refractivity contribution >= 4 is 96.9 Å². The van der Waals surface area contributed by atoms with Crippen LogP contribution in [-0.2, 0) is 29.2 Å². The first-order valence-electron chi connectivity index (χ1n) is 34.9. The van der Waals surface area contributed by atoms with Crippen molar-refractivity contribution in [1.29, 1.82) is 0 Å². The van der Waals surface area contributed by atoms with Gasteiger partial charge in [-0.15, -0.1) is 23.1 Å². The van der Waals surface area contributed by atoms with Gasteiger partial charge >= 0.3 is 0 Å². The Kier molecular flexibility index (Phi) is 24.8. The summed E-state index contributed by atoms with van der Waals surface area (Å²) in [5, 5.41) is 33.8. The van der Waals surface area contributed by atoms with Crippen LogP contribution < -0.4 is 25.6 Å². The lowest BCUT2D eigenvalue weighted by Gasteiger charge is -2.39. The van der Waals surface area contributed by atoms with Crippen molar-refractivity contribution < 1.29 is 42.4 Å². The molecule has 3 saturated heterocycles. The third kappa shape index (κ3) is 20.0. The summed E-state index contributed by atoms with van der Waals surface area (Å²) < 4.78 is 30.7. The molecule has 0 radical (unpaired) electrons. The molecule has 102 heavy (non-hydrogen) atoms. The fourth-order valence-corrected chi connectivity index (χ4v) is 16.5. The van der Waals surface area contributed by atoms with E-state index in [1.165, 1.54) is 27.7 Å². The number of thioether (sulfide) groups is 1. The summed E-state index contributed by atoms with van der Waals surface area (Å²) in [6.45, 7) is 23.4. The number of aromatic nitrogens is 1. The number of thiazole rings is 1. The van der Waals surface area contributed by atoms with E-state index in [0.29, 0.717) is 31.9 Å². The monoisotopic (exact) mass is 1460 g/mol. The van der Waals surface area contributed by atoms with Crippen molar-refractivity contribution in [1.82, 2.24) is 39.9 Å². The largest absolute Gasteiger partial charge is 0.391 e. The van der Waals surface area contributed by atoms with Crippen LogP contribution in [0.4, 0.5) is 17.1 Å². The molecule has 0 saturated carbocycles. The molecule has 3 aliphatic heterocycles. The molecule has 4 atom stereocenters. The van der Waals surface area contributed by atoms with Crippen molar-refractivity contribution in [2.24, 2.45) is 10.8 Å². The van der Waals surface area contributed by atoms with Gasteiger partial charge in [0.15, 0.2) is 0 Å². The molecule has 21 nitrogen and oxygen atoms in total. The smallest absolute Gasteiger partial charge is 0.295 e. The van der Waals surface area contributed by atoms with Gasteiger partial charge in [0, 0.05) is 123 Å². The van der Waals surface area contributed by atoms with Gasteiger partial charge in [0.1, 0.15) is 17.8 Å². The van der Waals surface area contributed by atoms with Gasteiger partial charge in [0.2, 0.25) is 23.6 Å². The van der Waals surface area contributed by atoms with Crippen LogP contribution in [0.3, 0.4) is 0 Å². The van der Waals surface area contributed by atoms with Gasteiger partial charge in [-0.25, -0.2) is 18.1 Å². The number of halogens is 1. The van der Waals surface area contributed by atoms with Crippen molar-refractivity contribution in [2.45, 2.75) is 147 Å². The number of sulfonamides is 1. The number of carbonyl (C=O) groups excluding carboxylic acids is 5.